The fourth-order valence-corrected chi connectivity index (χ4v) is 3.77. The number of piperazine rings is 1. The molecule has 0 aliphatic carbocycles. The van der Waals surface area contributed by atoms with Crippen LogP contribution in [0.2, 0.25) is 0 Å². The number of aliphatic hydroxyl groups excluding tert-OH is 1. The van der Waals surface area contributed by atoms with Crippen LogP contribution in [0.15, 0.2) is 54.9 Å². The molecule has 0 atom stereocenters. The highest BCUT2D eigenvalue weighted by Crippen LogP contribution is 2.25. The van der Waals surface area contributed by atoms with Gasteiger partial charge in [0.1, 0.15) is 12.3 Å². The molecule has 0 radical (unpaired) electrons. The Labute approximate surface area is 211 Å². The summed E-state index contributed by atoms with van der Waals surface area (Å²) in [5.41, 5.74) is 3.48. The van der Waals surface area contributed by atoms with E-state index in [4.69, 9.17) is 5.11 Å². The Morgan fingerprint density at radius 1 is 1.11 bits per heavy atom. The highest BCUT2D eigenvalue weighted by molar-refractivity contribution is 5.94. The van der Waals surface area contributed by atoms with E-state index in [0.717, 1.165) is 11.1 Å². The number of rotatable bonds is 8. The largest absolute Gasteiger partial charge is 0.435 e. The van der Waals surface area contributed by atoms with Gasteiger partial charge in [-0.3, -0.25) is 4.79 Å². The Kier molecular flexibility index (Phi) is 8.08. The predicted molar refractivity (Wildman–Crippen MR) is 133 cm³/mol. The number of benzene rings is 2. The first kappa shape index (κ1) is 25.8. The highest BCUT2D eigenvalue weighted by Gasteiger charge is 2.27. The Bertz CT molecular complexity index is 1240. The maximum absolute atomic E-state index is 12.7. The van der Waals surface area contributed by atoms with Gasteiger partial charge in [-0.2, -0.15) is 8.78 Å². The summed E-state index contributed by atoms with van der Waals surface area (Å²) in [6, 6.07) is 11.2. The van der Waals surface area contributed by atoms with Gasteiger partial charge in [0.2, 0.25) is 11.9 Å². The topological polar surface area (TPSA) is 120 Å². The second kappa shape index (κ2) is 11.6. The number of hydrogen-bond donors (Lipinski definition) is 3. The minimum atomic E-state index is -2.88. The van der Waals surface area contributed by atoms with Gasteiger partial charge in [-0.1, -0.05) is 18.2 Å². The van der Waals surface area contributed by atoms with Crippen molar-refractivity contribution >= 4 is 29.3 Å². The van der Waals surface area contributed by atoms with Gasteiger partial charge in [0.25, 0.3) is 0 Å². The van der Waals surface area contributed by atoms with Crippen LogP contribution in [0.5, 0.6) is 5.75 Å². The van der Waals surface area contributed by atoms with Crippen molar-refractivity contribution in [3.05, 3.63) is 60.4 Å². The van der Waals surface area contributed by atoms with E-state index in [1.807, 2.05) is 19.1 Å². The third-order valence-corrected chi connectivity index (χ3v) is 5.78. The molecule has 2 aromatic carbocycles. The molecule has 2 heterocycles. The molecule has 0 spiro atoms. The van der Waals surface area contributed by atoms with Gasteiger partial charge in [-0.05, 0) is 42.3 Å². The van der Waals surface area contributed by atoms with E-state index >= 15 is 0 Å². The molecular formula is C25H26F2N6O4. The maximum atomic E-state index is 12.7. The summed E-state index contributed by atoms with van der Waals surface area (Å²) in [6.45, 7) is -0.197. The number of ether oxygens (including phenoxy) is 1. The fraction of sp³-hybridized carbons (Fsp3) is 0.280. The van der Waals surface area contributed by atoms with Gasteiger partial charge in [0.15, 0.2) is 0 Å². The molecule has 4 rings (SSSR count). The minimum absolute atomic E-state index is 0.0506. The average Bonchev–Trinajstić information content (AvgIpc) is 2.88. The number of carbonyl (C=O) groups is 2. The summed E-state index contributed by atoms with van der Waals surface area (Å²) in [6.07, 6.45) is 3.20. The van der Waals surface area contributed by atoms with Crippen LogP contribution < -0.4 is 15.4 Å². The lowest BCUT2D eigenvalue weighted by atomic mass is 10.1. The number of anilines is 3. The summed E-state index contributed by atoms with van der Waals surface area (Å²) in [5, 5.41) is 15.0. The third kappa shape index (κ3) is 6.67. The van der Waals surface area contributed by atoms with Crippen LogP contribution >= 0.6 is 0 Å². The van der Waals surface area contributed by atoms with Crippen LogP contribution in [-0.4, -0.2) is 76.2 Å². The van der Waals surface area contributed by atoms with Gasteiger partial charge in [-0.25, -0.2) is 14.8 Å². The van der Waals surface area contributed by atoms with Gasteiger partial charge < -0.3 is 30.3 Å². The van der Waals surface area contributed by atoms with Gasteiger partial charge in [-0.15, -0.1) is 0 Å². The second-order valence-corrected chi connectivity index (χ2v) is 8.31. The SMILES string of the molecule is Cc1ccc(Nc2ncc(-c3ccc(OC(F)F)cc3)cn2)cc1NC(=O)N1CCN(CCO)C(=O)C1. The zero-order valence-electron chi connectivity index (χ0n) is 20.0. The van der Waals surface area contributed by atoms with Gasteiger partial charge >= 0.3 is 12.6 Å². The maximum Gasteiger partial charge on any atom is 0.387 e. The standard InChI is InChI=1S/C25H26F2N6O4/c1-16-2-5-19(12-21(16)31-25(36)33-9-8-32(10-11-34)22(35)15-33)30-24-28-13-18(14-29-24)17-3-6-20(7-4-17)37-23(26)27/h2-7,12-14,23,34H,8-11,15H2,1H3,(H,31,36)(H,28,29,30). The number of nitrogens with one attached hydrogen (secondary N) is 2. The highest BCUT2D eigenvalue weighted by atomic mass is 19.3. The van der Waals surface area contributed by atoms with Gasteiger partial charge in [0.05, 0.1) is 6.61 Å². The molecule has 3 N–H and O–H groups in total. The Hall–Kier alpha value is -4.32. The lowest BCUT2D eigenvalue weighted by Crippen LogP contribution is -2.53. The Morgan fingerprint density at radius 2 is 1.84 bits per heavy atom. The van der Waals surface area contributed by atoms with E-state index in [1.54, 1.807) is 30.6 Å². The van der Waals surface area contributed by atoms with Crippen LogP contribution in [0.3, 0.4) is 0 Å². The second-order valence-electron chi connectivity index (χ2n) is 8.31. The Morgan fingerprint density at radius 3 is 2.49 bits per heavy atom. The zero-order chi connectivity index (χ0) is 26.4. The molecule has 0 bridgehead atoms. The summed E-state index contributed by atoms with van der Waals surface area (Å²) in [7, 11) is 0. The molecule has 3 amide bonds. The van der Waals surface area contributed by atoms with Crippen molar-refractivity contribution in [3.63, 3.8) is 0 Å². The van der Waals surface area contributed by atoms with Crippen LogP contribution in [0.4, 0.5) is 30.9 Å². The summed E-state index contributed by atoms with van der Waals surface area (Å²) in [5.74, 6) is 0.185. The summed E-state index contributed by atoms with van der Waals surface area (Å²) >= 11 is 0. The van der Waals surface area contributed by atoms with Crippen molar-refractivity contribution in [2.75, 3.05) is 43.4 Å². The molecule has 1 aliphatic rings. The average molecular weight is 513 g/mol. The first-order valence-corrected chi connectivity index (χ1v) is 11.5. The molecule has 10 nitrogen and oxygen atoms in total. The number of urea groups is 1. The molecule has 0 saturated carbocycles. The smallest absolute Gasteiger partial charge is 0.387 e. The van der Waals surface area contributed by atoms with E-state index in [9.17, 15) is 18.4 Å². The van der Waals surface area contributed by atoms with Crippen LogP contribution in [-0.2, 0) is 4.79 Å². The molecule has 12 heteroatoms. The lowest BCUT2D eigenvalue weighted by Gasteiger charge is -2.34. The fourth-order valence-electron chi connectivity index (χ4n) is 3.77. The molecule has 1 aliphatic heterocycles. The number of aromatic nitrogens is 2. The van der Waals surface area contributed by atoms with Crippen LogP contribution in [0.25, 0.3) is 11.1 Å². The zero-order valence-corrected chi connectivity index (χ0v) is 20.0. The number of β-amino-alcohol motifs (C(OH)–C–C–N with tert-alkyl or cyclic N) is 1. The molecule has 194 valence electrons. The molecule has 1 saturated heterocycles. The number of hydrogen-bond acceptors (Lipinski definition) is 7. The number of alkyl halides is 2. The number of amides is 3. The van der Waals surface area contributed by atoms with Crippen LogP contribution in [0, 0.1) is 6.92 Å². The predicted octanol–water partition coefficient (Wildman–Crippen LogP) is 3.47. The first-order chi connectivity index (χ1) is 17.8. The number of carbonyl (C=O) groups excluding carboxylic acids is 2. The van der Waals surface area contributed by atoms with E-state index < -0.39 is 6.61 Å². The van der Waals surface area contributed by atoms with Crippen molar-refractivity contribution in [3.8, 4) is 16.9 Å². The Balaban J connectivity index is 1.38. The van der Waals surface area contributed by atoms with Crippen molar-refractivity contribution in [2.45, 2.75) is 13.5 Å². The molecule has 1 aromatic heterocycles. The van der Waals surface area contributed by atoms with E-state index in [2.05, 4.69) is 25.3 Å². The van der Waals surface area contributed by atoms with Gasteiger partial charge in [0, 0.05) is 49.0 Å². The number of nitrogens with zero attached hydrogens (tertiary/aromatic N) is 4. The van der Waals surface area contributed by atoms with Crippen molar-refractivity contribution in [1.82, 2.24) is 19.8 Å². The molecule has 3 aromatic rings. The van der Waals surface area contributed by atoms with E-state index in [1.165, 1.54) is 21.9 Å². The number of aliphatic hydroxyl groups is 1. The monoisotopic (exact) mass is 512 g/mol. The summed E-state index contributed by atoms with van der Waals surface area (Å²) < 4.78 is 29.0. The molecule has 0 unspecified atom stereocenters. The summed E-state index contributed by atoms with van der Waals surface area (Å²) in [4.78, 5) is 36.5. The first-order valence-electron chi connectivity index (χ1n) is 11.5. The number of aryl methyl sites for hydroxylation is 1. The van der Waals surface area contributed by atoms with Crippen molar-refractivity contribution in [1.29, 1.82) is 0 Å². The van der Waals surface area contributed by atoms with Crippen molar-refractivity contribution in [2.24, 2.45) is 0 Å². The van der Waals surface area contributed by atoms with Crippen LogP contribution in [0.1, 0.15) is 5.56 Å². The third-order valence-electron chi connectivity index (χ3n) is 5.78. The van der Waals surface area contributed by atoms with Crippen molar-refractivity contribution < 1.29 is 28.2 Å². The molecule has 1 fully saturated rings. The van der Waals surface area contributed by atoms with E-state index in [0.29, 0.717) is 36.0 Å². The molecular weight excluding hydrogens is 486 g/mol. The normalized spacial score (nSPS) is 13.6. The van der Waals surface area contributed by atoms with E-state index in [-0.39, 0.29) is 37.4 Å². The minimum Gasteiger partial charge on any atom is -0.435 e. The molecule has 37 heavy (non-hydrogen) atoms. The number of halogens is 2. The lowest BCUT2D eigenvalue weighted by molar-refractivity contribution is -0.135. The quantitative estimate of drug-likeness (QED) is 0.423.